The number of rotatable bonds is 3. The fraction of sp³-hybridized carbons (Fsp3) is 0.0526. The van der Waals surface area contributed by atoms with Crippen molar-refractivity contribution in [2.45, 2.75) is 6.92 Å². The van der Waals surface area contributed by atoms with Gasteiger partial charge in [-0.2, -0.15) is 0 Å². The highest BCUT2D eigenvalue weighted by Gasteiger charge is 2.24. The molecule has 0 unspecified atom stereocenters. The van der Waals surface area contributed by atoms with Crippen LogP contribution in [-0.2, 0) is 14.3 Å². The SMILES string of the molecule is CC(=O)Nc1ccc(C2=N/C(=C\c3cn4cc(Cl)ccc4n3)C(=O)O2)cc1. The number of imidazole rings is 1. The molecule has 0 radical (unpaired) electrons. The number of halogens is 1. The predicted molar refractivity (Wildman–Crippen MR) is 102 cm³/mol. The number of carbonyl (C=O) groups is 2. The van der Waals surface area contributed by atoms with E-state index in [2.05, 4.69) is 15.3 Å². The summed E-state index contributed by atoms with van der Waals surface area (Å²) in [5.41, 5.74) is 2.70. The third kappa shape index (κ3) is 3.58. The molecule has 0 spiro atoms. The average molecular weight is 381 g/mol. The van der Waals surface area contributed by atoms with Gasteiger partial charge in [0.2, 0.25) is 11.8 Å². The maximum absolute atomic E-state index is 12.1. The number of nitrogens with one attached hydrogen (secondary N) is 1. The van der Waals surface area contributed by atoms with Crippen LogP contribution < -0.4 is 5.32 Å². The van der Waals surface area contributed by atoms with Crippen molar-refractivity contribution in [3.05, 3.63) is 70.8 Å². The number of hydrogen-bond donors (Lipinski definition) is 1. The summed E-state index contributed by atoms with van der Waals surface area (Å²) in [6.07, 6.45) is 5.03. The Bertz CT molecular complexity index is 1130. The number of amides is 1. The fourth-order valence-corrected chi connectivity index (χ4v) is 2.79. The van der Waals surface area contributed by atoms with Crippen LogP contribution in [0.4, 0.5) is 5.69 Å². The van der Waals surface area contributed by atoms with E-state index in [-0.39, 0.29) is 17.5 Å². The lowest BCUT2D eigenvalue weighted by atomic mass is 10.2. The highest BCUT2D eigenvalue weighted by molar-refractivity contribution is 6.30. The average Bonchev–Trinajstić information content (AvgIpc) is 3.18. The molecule has 4 rings (SSSR count). The molecule has 3 aromatic rings. The Hall–Kier alpha value is -3.45. The lowest BCUT2D eigenvalue weighted by Crippen LogP contribution is -2.07. The summed E-state index contributed by atoms with van der Waals surface area (Å²) in [5, 5.41) is 3.26. The third-order valence-electron chi connectivity index (χ3n) is 3.79. The van der Waals surface area contributed by atoms with Gasteiger partial charge < -0.3 is 14.5 Å². The van der Waals surface area contributed by atoms with E-state index in [0.29, 0.717) is 27.6 Å². The van der Waals surface area contributed by atoms with Gasteiger partial charge in [0, 0.05) is 30.6 Å². The lowest BCUT2D eigenvalue weighted by Gasteiger charge is -2.03. The fourth-order valence-electron chi connectivity index (χ4n) is 2.63. The zero-order valence-electron chi connectivity index (χ0n) is 14.1. The second-order valence-electron chi connectivity index (χ2n) is 5.87. The molecule has 0 fully saturated rings. The van der Waals surface area contributed by atoms with E-state index in [1.807, 2.05) is 0 Å². The maximum atomic E-state index is 12.1. The largest absolute Gasteiger partial charge is 0.402 e. The summed E-state index contributed by atoms with van der Waals surface area (Å²) in [6.45, 7) is 1.43. The number of aromatic nitrogens is 2. The molecular weight excluding hydrogens is 368 g/mol. The molecule has 1 N–H and O–H groups in total. The number of esters is 1. The van der Waals surface area contributed by atoms with Gasteiger partial charge in [-0.1, -0.05) is 11.6 Å². The molecule has 1 aliphatic heterocycles. The molecule has 1 amide bonds. The first-order chi connectivity index (χ1) is 13.0. The van der Waals surface area contributed by atoms with Crippen LogP contribution in [0.2, 0.25) is 5.02 Å². The molecule has 134 valence electrons. The number of aliphatic imine (C=N–C) groups is 1. The summed E-state index contributed by atoms with van der Waals surface area (Å²) in [7, 11) is 0. The van der Waals surface area contributed by atoms with Gasteiger partial charge >= 0.3 is 5.97 Å². The van der Waals surface area contributed by atoms with E-state index in [0.717, 1.165) is 0 Å². The van der Waals surface area contributed by atoms with Gasteiger partial charge in [-0.3, -0.25) is 4.79 Å². The number of pyridine rings is 1. The Morgan fingerprint density at radius 2 is 1.96 bits per heavy atom. The van der Waals surface area contributed by atoms with Gasteiger partial charge in [-0.05, 0) is 42.5 Å². The molecule has 0 bridgehead atoms. The quantitative estimate of drug-likeness (QED) is 0.558. The first kappa shape index (κ1) is 17.0. The lowest BCUT2D eigenvalue weighted by molar-refractivity contribution is -0.129. The number of fused-ring (bicyclic) bond motifs is 1. The van der Waals surface area contributed by atoms with E-state index >= 15 is 0 Å². The molecule has 8 heteroatoms. The maximum Gasteiger partial charge on any atom is 0.363 e. The van der Waals surface area contributed by atoms with Crippen molar-refractivity contribution in [3.63, 3.8) is 0 Å². The number of carbonyl (C=O) groups excluding carboxylic acids is 2. The Labute approximate surface area is 159 Å². The molecule has 0 saturated heterocycles. The Morgan fingerprint density at radius 3 is 2.70 bits per heavy atom. The zero-order chi connectivity index (χ0) is 19.0. The number of anilines is 1. The smallest absolute Gasteiger partial charge is 0.363 e. The third-order valence-corrected chi connectivity index (χ3v) is 4.01. The van der Waals surface area contributed by atoms with Crippen molar-refractivity contribution in [2.24, 2.45) is 4.99 Å². The molecule has 3 heterocycles. The Kier molecular flexibility index (Phi) is 4.21. The van der Waals surface area contributed by atoms with E-state index < -0.39 is 5.97 Å². The van der Waals surface area contributed by atoms with E-state index in [1.54, 1.807) is 59.3 Å². The minimum Gasteiger partial charge on any atom is -0.402 e. The molecule has 27 heavy (non-hydrogen) atoms. The zero-order valence-corrected chi connectivity index (χ0v) is 14.9. The minimum absolute atomic E-state index is 0.158. The molecule has 0 aliphatic carbocycles. The van der Waals surface area contributed by atoms with Crippen LogP contribution in [-0.4, -0.2) is 27.2 Å². The molecular formula is C19H13ClN4O3. The number of hydrogen-bond acceptors (Lipinski definition) is 5. The van der Waals surface area contributed by atoms with Gasteiger partial charge in [0.1, 0.15) is 5.65 Å². The van der Waals surface area contributed by atoms with Gasteiger partial charge in [-0.15, -0.1) is 0 Å². The molecule has 1 aliphatic rings. The van der Waals surface area contributed by atoms with Gasteiger partial charge in [0.25, 0.3) is 0 Å². The molecule has 0 saturated carbocycles. The number of benzene rings is 1. The summed E-state index contributed by atoms with van der Waals surface area (Å²) in [6, 6.07) is 10.4. The second-order valence-corrected chi connectivity index (χ2v) is 6.31. The van der Waals surface area contributed by atoms with Gasteiger partial charge in [-0.25, -0.2) is 14.8 Å². The van der Waals surface area contributed by atoms with Gasteiger partial charge in [0.15, 0.2) is 5.70 Å². The Balaban J connectivity index is 1.61. The summed E-state index contributed by atoms with van der Waals surface area (Å²) in [5.74, 6) is -0.509. The van der Waals surface area contributed by atoms with Crippen LogP contribution >= 0.6 is 11.6 Å². The standard InChI is InChI=1S/C19H13ClN4O3/c1-11(25)21-14-5-2-12(3-6-14)18-23-16(19(26)27-18)8-15-10-24-9-13(20)4-7-17(24)22-15/h2-10H,1H3,(H,21,25)/b16-8-. The van der Waals surface area contributed by atoms with E-state index in [4.69, 9.17) is 16.3 Å². The van der Waals surface area contributed by atoms with Crippen molar-refractivity contribution in [2.75, 3.05) is 5.32 Å². The van der Waals surface area contributed by atoms with Crippen LogP contribution in [0, 0.1) is 0 Å². The highest BCUT2D eigenvalue weighted by atomic mass is 35.5. The molecule has 7 nitrogen and oxygen atoms in total. The van der Waals surface area contributed by atoms with Crippen LogP contribution in [0.25, 0.3) is 11.7 Å². The number of nitrogens with zero attached hydrogens (tertiary/aromatic N) is 3. The number of ether oxygens (including phenoxy) is 1. The summed E-state index contributed by atoms with van der Waals surface area (Å²) < 4.78 is 7.01. The van der Waals surface area contributed by atoms with Crippen LogP contribution in [0.3, 0.4) is 0 Å². The van der Waals surface area contributed by atoms with Crippen LogP contribution in [0.5, 0.6) is 0 Å². The second kappa shape index (κ2) is 6.69. The first-order valence-electron chi connectivity index (χ1n) is 8.03. The van der Waals surface area contributed by atoms with Crippen molar-refractivity contribution in [1.29, 1.82) is 0 Å². The first-order valence-corrected chi connectivity index (χ1v) is 8.40. The van der Waals surface area contributed by atoms with Crippen molar-refractivity contribution in [1.82, 2.24) is 9.38 Å². The summed E-state index contributed by atoms with van der Waals surface area (Å²) >= 11 is 5.96. The normalized spacial score (nSPS) is 15.1. The molecule has 0 atom stereocenters. The van der Waals surface area contributed by atoms with Gasteiger partial charge in [0.05, 0.1) is 10.7 Å². The summed E-state index contributed by atoms with van der Waals surface area (Å²) in [4.78, 5) is 31.9. The van der Waals surface area contributed by atoms with Crippen molar-refractivity contribution < 1.29 is 14.3 Å². The monoisotopic (exact) mass is 380 g/mol. The Morgan fingerprint density at radius 1 is 1.19 bits per heavy atom. The van der Waals surface area contributed by atoms with Crippen molar-refractivity contribution >= 4 is 46.8 Å². The predicted octanol–water partition coefficient (Wildman–Crippen LogP) is 3.29. The molecule has 2 aromatic heterocycles. The topological polar surface area (TPSA) is 85.1 Å². The highest BCUT2D eigenvalue weighted by Crippen LogP contribution is 2.21. The van der Waals surface area contributed by atoms with Crippen molar-refractivity contribution in [3.8, 4) is 0 Å². The van der Waals surface area contributed by atoms with Crippen LogP contribution in [0.15, 0.2) is 59.5 Å². The number of cyclic esters (lactones) is 1. The van der Waals surface area contributed by atoms with E-state index in [1.165, 1.54) is 6.92 Å². The molecule has 1 aromatic carbocycles. The minimum atomic E-state index is -0.550. The van der Waals surface area contributed by atoms with E-state index in [9.17, 15) is 9.59 Å². The van der Waals surface area contributed by atoms with Crippen LogP contribution in [0.1, 0.15) is 18.2 Å².